The first-order chi connectivity index (χ1) is 30.6. The van der Waals surface area contributed by atoms with Gasteiger partial charge in [0.1, 0.15) is 0 Å². The summed E-state index contributed by atoms with van der Waals surface area (Å²) in [6.45, 7) is 0. The van der Waals surface area contributed by atoms with Crippen LogP contribution >= 0.6 is 0 Å². The molecule has 0 aliphatic rings. The van der Waals surface area contributed by atoms with Crippen molar-refractivity contribution in [3.8, 4) is 108 Å². The zero-order chi connectivity index (χ0) is 41.7. The van der Waals surface area contributed by atoms with E-state index in [0.717, 1.165) is 66.8 Å². The van der Waals surface area contributed by atoms with Gasteiger partial charge >= 0.3 is 0 Å². The highest BCUT2D eigenvalue weighted by molar-refractivity contribution is 5.87. The molecule has 2 heterocycles. The number of nitrogens with zero attached hydrogens (tertiary/aromatic N) is 7. The SMILES string of the molecule is N#Cc1cc(-c2ccc(-c3nc(-c4ccccc4)nc(-c4ccccc4)n3)cc2)cc(-c2ccccc2-c2ccc(-c3nc(-c4ccccc4)nc(-c4ccccc4)n3)cc2)c1. The average Bonchev–Trinajstić information content (AvgIpc) is 3.37. The summed E-state index contributed by atoms with van der Waals surface area (Å²) in [5.41, 5.74) is 11.9. The van der Waals surface area contributed by atoms with E-state index in [1.807, 2.05) is 158 Å². The Hall–Kier alpha value is -8.73. The second-order valence-corrected chi connectivity index (χ2v) is 14.7. The molecule has 0 amide bonds. The topological polar surface area (TPSA) is 101 Å². The molecule has 0 N–H and O–H groups in total. The van der Waals surface area contributed by atoms with Gasteiger partial charge in [-0.25, -0.2) is 29.9 Å². The monoisotopic (exact) mass is 793 g/mol. The van der Waals surface area contributed by atoms with Crippen molar-refractivity contribution in [1.82, 2.24) is 29.9 Å². The molecule has 2 aromatic heterocycles. The summed E-state index contributed by atoms with van der Waals surface area (Å²) in [6.07, 6.45) is 0. The van der Waals surface area contributed by atoms with E-state index in [2.05, 4.69) is 60.7 Å². The fourth-order valence-corrected chi connectivity index (χ4v) is 7.49. The van der Waals surface area contributed by atoms with Crippen LogP contribution in [0.25, 0.3) is 102 Å². The summed E-state index contributed by atoms with van der Waals surface area (Å²) >= 11 is 0. The largest absolute Gasteiger partial charge is 0.208 e. The molecule has 62 heavy (non-hydrogen) atoms. The molecule has 0 saturated carbocycles. The number of rotatable bonds is 9. The fraction of sp³-hybridized carbons (Fsp3) is 0. The Morgan fingerprint density at radius 3 is 0.871 bits per heavy atom. The maximum absolute atomic E-state index is 10.2. The zero-order valence-corrected chi connectivity index (χ0v) is 33.3. The molecule has 0 atom stereocenters. The van der Waals surface area contributed by atoms with Crippen LogP contribution in [0.5, 0.6) is 0 Å². The maximum atomic E-state index is 10.2. The number of hydrogen-bond acceptors (Lipinski definition) is 7. The van der Waals surface area contributed by atoms with Crippen molar-refractivity contribution in [3.05, 3.63) is 218 Å². The molecule has 7 heteroatoms. The van der Waals surface area contributed by atoms with Crippen molar-refractivity contribution >= 4 is 0 Å². The number of aromatic nitrogens is 6. The van der Waals surface area contributed by atoms with E-state index in [1.54, 1.807) is 0 Å². The van der Waals surface area contributed by atoms with Crippen molar-refractivity contribution in [1.29, 1.82) is 5.26 Å². The molecule has 0 saturated heterocycles. The van der Waals surface area contributed by atoms with Crippen LogP contribution in [0.4, 0.5) is 0 Å². The van der Waals surface area contributed by atoms with Gasteiger partial charge < -0.3 is 0 Å². The van der Waals surface area contributed by atoms with Crippen LogP contribution in [-0.4, -0.2) is 29.9 Å². The Morgan fingerprint density at radius 2 is 0.516 bits per heavy atom. The van der Waals surface area contributed by atoms with Crippen LogP contribution in [0.15, 0.2) is 212 Å². The minimum Gasteiger partial charge on any atom is -0.208 e. The lowest BCUT2D eigenvalue weighted by molar-refractivity contribution is 1.07. The van der Waals surface area contributed by atoms with E-state index in [9.17, 15) is 5.26 Å². The lowest BCUT2D eigenvalue weighted by Gasteiger charge is -2.14. The lowest BCUT2D eigenvalue weighted by Crippen LogP contribution is -2.00. The highest BCUT2D eigenvalue weighted by atomic mass is 15.0. The summed E-state index contributed by atoms with van der Waals surface area (Å²) < 4.78 is 0. The molecular formula is C55H35N7. The minimum absolute atomic E-state index is 0.572. The van der Waals surface area contributed by atoms with E-state index in [4.69, 9.17) is 29.9 Å². The molecule has 7 nitrogen and oxygen atoms in total. The third-order valence-electron chi connectivity index (χ3n) is 10.6. The summed E-state index contributed by atoms with van der Waals surface area (Å²) in [5, 5.41) is 10.2. The van der Waals surface area contributed by atoms with Gasteiger partial charge in [0, 0.05) is 33.4 Å². The fourth-order valence-electron chi connectivity index (χ4n) is 7.49. The van der Waals surface area contributed by atoms with E-state index in [1.165, 1.54) is 0 Å². The molecule has 0 aliphatic carbocycles. The molecule has 290 valence electrons. The quantitative estimate of drug-likeness (QED) is 0.143. The summed E-state index contributed by atoms with van der Waals surface area (Å²) in [6, 6.07) is 73.1. The van der Waals surface area contributed by atoms with Crippen LogP contribution in [-0.2, 0) is 0 Å². The molecule has 0 unspecified atom stereocenters. The van der Waals surface area contributed by atoms with Gasteiger partial charge in [-0.2, -0.15) is 5.26 Å². The van der Waals surface area contributed by atoms with Gasteiger partial charge in [-0.1, -0.05) is 194 Å². The molecule has 0 aliphatic heterocycles. The van der Waals surface area contributed by atoms with Crippen LogP contribution < -0.4 is 0 Å². The Balaban J connectivity index is 0.979. The number of nitriles is 1. The minimum atomic E-state index is 0.572. The molecule has 0 spiro atoms. The first-order valence-electron chi connectivity index (χ1n) is 20.3. The zero-order valence-electron chi connectivity index (χ0n) is 33.3. The molecule has 10 rings (SSSR count). The summed E-state index contributed by atoms with van der Waals surface area (Å²) in [4.78, 5) is 29.3. The van der Waals surface area contributed by atoms with Gasteiger partial charge in [-0.15, -0.1) is 0 Å². The predicted molar refractivity (Wildman–Crippen MR) is 247 cm³/mol. The Morgan fingerprint density at radius 1 is 0.242 bits per heavy atom. The highest BCUT2D eigenvalue weighted by Gasteiger charge is 2.16. The van der Waals surface area contributed by atoms with Crippen LogP contribution in [0, 0.1) is 11.3 Å². The molecule has 0 radical (unpaired) electrons. The lowest BCUT2D eigenvalue weighted by atomic mass is 9.91. The smallest absolute Gasteiger partial charge is 0.164 e. The van der Waals surface area contributed by atoms with Gasteiger partial charge in [-0.05, 0) is 51.6 Å². The number of hydrogen-bond donors (Lipinski definition) is 0. The highest BCUT2D eigenvalue weighted by Crippen LogP contribution is 2.37. The Bertz CT molecular complexity index is 3090. The number of benzene rings is 8. The van der Waals surface area contributed by atoms with Gasteiger partial charge in [0.15, 0.2) is 34.9 Å². The van der Waals surface area contributed by atoms with E-state index >= 15 is 0 Å². The van der Waals surface area contributed by atoms with Crippen LogP contribution in [0.2, 0.25) is 0 Å². The van der Waals surface area contributed by atoms with Gasteiger partial charge in [0.05, 0.1) is 11.6 Å². The van der Waals surface area contributed by atoms with E-state index in [0.29, 0.717) is 40.5 Å². The van der Waals surface area contributed by atoms with Crippen molar-refractivity contribution in [2.75, 3.05) is 0 Å². The summed E-state index contributed by atoms with van der Waals surface area (Å²) in [5.74, 6) is 3.63. The van der Waals surface area contributed by atoms with Crippen molar-refractivity contribution in [2.24, 2.45) is 0 Å². The van der Waals surface area contributed by atoms with Crippen molar-refractivity contribution in [2.45, 2.75) is 0 Å². The molecule has 8 aromatic carbocycles. The average molecular weight is 794 g/mol. The van der Waals surface area contributed by atoms with Gasteiger partial charge in [-0.3, -0.25) is 0 Å². The second kappa shape index (κ2) is 16.9. The predicted octanol–water partition coefficient (Wildman–Crippen LogP) is 12.9. The van der Waals surface area contributed by atoms with Crippen molar-refractivity contribution < 1.29 is 0 Å². The first-order valence-corrected chi connectivity index (χ1v) is 20.3. The molecule has 0 fully saturated rings. The van der Waals surface area contributed by atoms with Crippen molar-refractivity contribution in [3.63, 3.8) is 0 Å². The Kier molecular flexibility index (Phi) is 10.2. The summed E-state index contributed by atoms with van der Waals surface area (Å²) in [7, 11) is 0. The first kappa shape index (κ1) is 37.5. The maximum Gasteiger partial charge on any atom is 0.164 e. The standard InChI is InChI=1S/C55H35N7/c56-36-37-33-46(38-25-29-44(30-26-38)54-59-50(40-15-5-1-6-16-40)57-51(60-54)41-17-7-2-8-18-41)35-47(34-37)49-24-14-13-23-48(49)39-27-31-45(32-28-39)55-61-52(42-19-9-3-10-20-42)58-53(62-55)43-21-11-4-12-22-43/h1-35H. The molecule has 10 aromatic rings. The Labute approximate surface area is 359 Å². The third kappa shape index (κ3) is 7.87. The molecular weight excluding hydrogens is 759 g/mol. The van der Waals surface area contributed by atoms with E-state index in [-0.39, 0.29) is 0 Å². The van der Waals surface area contributed by atoms with Gasteiger partial charge in [0.25, 0.3) is 0 Å². The van der Waals surface area contributed by atoms with Gasteiger partial charge in [0.2, 0.25) is 0 Å². The van der Waals surface area contributed by atoms with Crippen LogP contribution in [0.1, 0.15) is 5.56 Å². The second-order valence-electron chi connectivity index (χ2n) is 14.7. The van der Waals surface area contributed by atoms with Crippen LogP contribution in [0.3, 0.4) is 0 Å². The normalized spacial score (nSPS) is 10.9. The molecule has 0 bridgehead atoms. The third-order valence-corrected chi connectivity index (χ3v) is 10.6. The van der Waals surface area contributed by atoms with E-state index < -0.39 is 0 Å².